The van der Waals surface area contributed by atoms with Gasteiger partial charge in [0.15, 0.2) is 36.2 Å². The maximum atomic E-state index is 12.5. The molecule has 0 spiro atoms. The highest BCUT2D eigenvalue weighted by Crippen LogP contribution is 2.58. The van der Waals surface area contributed by atoms with Crippen molar-refractivity contribution in [3.8, 4) is 0 Å². The number of aliphatic hydroxyl groups excluding tert-OH is 3. The minimum absolute atomic E-state index is 0.00293. The number of imidazole rings is 1. The molecule has 0 aliphatic carbocycles. The number of ether oxygens (including phenoxy) is 2. The van der Waals surface area contributed by atoms with E-state index in [4.69, 9.17) is 37.7 Å². The second-order valence-corrected chi connectivity index (χ2v) is 14.9. The quantitative estimate of drug-likeness (QED) is 0.0489. The number of phosphoric acid groups is 3. The van der Waals surface area contributed by atoms with Gasteiger partial charge in [0.2, 0.25) is 0 Å². The van der Waals surface area contributed by atoms with Crippen molar-refractivity contribution >= 4 is 57.7 Å². The predicted octanol–water partition coefficient (Wildman–Crippen LogP) is -3.00. The van der Waals surface area contributed by atoms with Crippen LogP contribution in [-0.4, -0.2) is 104 Å². The predicted molar refractivity (Wildman–Crippen MR) is 155 cm³/mol. The van der Waals surface area contributed by atoms with Crippen molar-refractivity contribution in [2.75, 3.05) is 18.9 Å². The highest BCUT2D eigenvalue weighted by molar-refractivity contribution is 7.80. The Hall–Kier alpha value is -2.44. The van der Waals surface area contributed by atoms with Gasteiger partial charge in [-0.25, -0.2) is 28.4 Å². The Morgan fingerprint density at radius 1 is 1.04 bits per heavy atom. The number of aliphatic hydroxyl groups is 3. The Bertz CT molecular complexity index is 1820. The normalized spacial score (nSPS) is 30.3. The molecule has 0 aromatic carbocycles. The zero-order valence-corrected chi connectivity index (χ0v) is 27.4. The van der Waals surface area contributed by atoms with Gasteiger partial charge in [0.05, 0.1) is 25.1 Å². The Kier molecular flexibility index (Phi) is 10.8. The minimum Gasteiger partial charge on any atom is -0.756 e. The lowest BCUT2D eigenvalue weighted by Crippen LogP contribution is -2.46. The van der Waals surface area contributed by atoms with Gasteiger partial charge in [-0.1, -0.05) is 12.2 Å². The molecule has 2 aliphatic rings. The summed E-state index contributed by atoms with van der Waals surface area (Å²) in [6.45, 7) is -2.07. The number of hydrogen-bond donors (Lipinski definition) is 8. The van der Waals surface area contributed by atoms with Crippen LogP contribution >= 0.6 is 35.7 Å². The van der Waals surface area contributed by atoms with Crippen molar-refractivity contribution < 1.29 is 80.5 Å². The molecule has 0 radical (unpaired) electrons. The summed E-state index contributed by atoms with van der Waals surface area (Å²) < 4.78 is 68.2. The van der Waals surface area contributed by atoms with Gasteiger partial charge < -0.3 is 60.4 Å². The molecular weight excluding hydrogens is 731 g/mol. The second-order valence-electron chi connectivity index (χ2n) is 10.2. The SMILES string of the molecule is NC(=S)c1ccc[n+]([C@@H]2O[C@@H](COP(=O)([O-])OP(=O)(O)OC[C@@H]3O[C@@H](n4cnc5c(N)ncnc54)[C@H](OP(=O)(O)O)[C@H]3O)[C@H](O)[C@H]2O)c1. The summed E-state index contributed by atoms with van der Waals surface area (Å²) in [6.07, 6.45) is -7.97. The lowest BCUT2D eigenvalue weighted by molar-refractivity contribution is -0.765. The molecule has 0 amide bonds. The van der Waals surface area contributed by atoms with Crippen molar-refractivity contribution in [3.63, 3.8) is 0 Å². The number of hydrogen-bond acceptors (Lipinski definition) is 18. The van der Waals surface area contributed by atoms with Gasteiger partial charge in [0.25, 0.3) is 14.1 Å². The zero-order valence-electron chi connectivity index (χ0n) is 23.9. The number of aromatic nitrogens is 5. The van der Waals surface area contributed by atoms with Gasteiger partial charge in [0, 0.05) is 6.07 Å². The summed E-state index contributed by atoms with van der Waals surface area (Å²) >= 11 is 4.91. The number of rotatable bonds is 13. The average Bonchev–Trinajstić information content (AvgIpc) is 3.64. The van der Waals surface area contributed by atoms with Crippen LogP contribution in [0.1, 0.15) is 18.0 Å². The van der Waals surface area contributed by atoms with Crippen molar-refractivity contribution in [2.45, 2.75) is 49.1 Å². The Morgan fingerprint density at radius 3 is 2.42 bits per heavy atom. The fourth-order valence-corrected chi connectivity index (χ4v) is 7.54. The van der Waals surface area contributed by atoms with E-state index >= 15 is 0 Å². The van der Waals surface area contributed by atoms with Crippen LogP contribution in [-0.2, 0) is 41.1 Å². The monoisotopic (exact) mass is 759 g/mol. The van der Waals surface area contributed by atoms with Crippen LogP contribution in [0.2, 0.25) is 0 Å². The Labute approximate surface area is 274 Å². The highest BCUT2D eigenvalue weighted by atomic mass is 32.1. The first-order valence-corrected chi connectivity index (χ1v) is 18.2. The van der Waals surface area contributed by atoms with Gasteiger partial charge in [0.1, 0.15) is 47.4 Å². The number of phosphoric ester groups is 3. The molecule has 23 nitrogen and oxygen atoms in total. The van der Waals surface area contributed by atoms with E-state index in [1.807, 2.05) is 0 Å². The molecule has 10 N–H and O–H groups in total. The Morgan fingerprint density at radius 2 is 1.73 bits per heavy atom. The first-order chi connectivity index (χ1) is 22.4. The molecule has 0 saturated carbocycles. The molecule has 2 aliphatic heterocycles. The van der Waals surface area contributed by atoms with Crippen LogP contribution in [0, 0.1) is 0 Å². The van der Waals surface area contributed by atoms with Crippen molar-refractivity contribution in [3.05, 3.63) is 42.7 Å². The van der Waals surface area contributed by atoms with Gasteiger partial charge in [-0.05, 0) is 6.07 Å². The van der Waals surface area contributed by atoms with Crippen LogP contribution < -0.4 is 20.9 Å². The molecule has 264 valence electrons. The maximum absolute atomic E-state index is 12.5. The van der Waals surface area contributed by atoms with Crippen LogP contribution in [0.4, 0.5) is 5.82 Å². The molecule has 2 saturated heterocycles. The van der Waals surface area contributed by atoms with Crippen LogP contribution in [0.5, 0.6) is 0 Å². The molecule has 3 aromatic rings. The summed E-state index contributed by atoms with van der Waals surface area (Å²) in [6, 6.07) is 3.11. The first kappa shape index (κ1) is 36.8. The summed E-state index contributed by atoms with van der Waals surface area (Å²) in [7, 11) is -16.5. The molecule has 2 unspecified atom stereocenters. The van der Waals surface area contributed by atoms with Gasteiger partial charge in [-0.3, -0.25) is 18.2 Å². The van der Waals surface area contributed by atoms with Crippen molar-refractivity contribution in [1.82, 2.24) is 19.5 Å². The van der Waals surface area contributed by atoms with Gasteiger partial charge in [-0.15, -0.1) is 0 Å². The third-order valence-electron chi connectivity index (χ3n) is 6.97. The average molecular weight is 759 g/mol. The number of fused-ring (bicyclic) bond motifs is 1. The van der Waals surface area contributed by atoms with Crippen molar-refractivity contribution in [2.24, 2.45) is 5.73 Å². The first-order valence-electron chi connectivity index (χ1n) is 13.3. The highest BCUT2D eigenvalue weighted by Gasteiger charge is 2.51. The van der Waals surface area contributed by atoms with Crippen molar-refractivity contribution in [1.29, 1.82) is 0 Å². The van der Waals surface area contributed by atoms with Crippen LogP contribution in [0.15, 0.2) is 37.2 Å². The van der Waals surface area contributed by atoms with E-state index in [2.05, 4.69) is 28.3 Å². The maximum Gasteiger partial charge on any atom is 0.478 e. The van der Waals surface area contributed by atoms with E-state index in [1.165, 1.54) is 23.0 Å². The fourth-order valence-electron chi connectivity index (χ4n) is 4.82. The molecule has 10 atom stereocenters. The molecule has 27 heteroatoms. The number of anilines is 1. The number of nitrogens with two attached hydrogens (primary N) is 2. The summed E-state index contributed by atoms with van der Waals surface area (Å²) in [5, 5.41) is 31.6. The largest absolute Gasteiger partial charge is 0.756 e. The molecule has 3 aromatic heterocycles. The van der Waals surface area contributed by atoms with E-state index in [0.29, 0.717) is 5.56 Å². The number of nitrogen functional groups attached to an aromatic ring is 1. The van der Waals surface area contributed by atoms with E-state index in [9.17, 15) is 48.6 Å². The summed E-state index contributed by atoms with van der Waals surface area (Å²) in [5.41, 5.74) is 11.8. The van der Waals surface area contributed by atoms with Gasteiger partial charge in [-0.2, -0.15) is 4.57 Å². The molecule has 2 fully saturated rings. The fraction of sp³-hybridized carbons (Fsp3) is 0.476. The molecule has 5 rings (SSSR count). The number of pyridine rings is 1. The molecular formula is C21H28N7O16P3S. The third kappa shape index (κ3) is 8.29. The van der Waals surface area contributed by atoms with E-state index in [0.717, 1.165) is 17.2 Å². The molecule has 5 heterocycles. The third-order valence-corrected chi connectivity index (χ3v) is 10.3. The van der Waals surface area contributed by atoms with E-state index < -0.39 is 85.8 Å². The zero-order chi connectivity index (χ0) is 35.2. The standard InChI is InChI=1S/C21H28N7O16P3S/c22-17-12-19(25-7-24-17)28(8-26-12)21-16(43-45(32,33)34)14(30)11(42-21)6-40-47(37,38)44-46(35,36)39-5-10-13(29)15(31)20(41-10)27-3-1-2-9(4-27)18(23)48/h1-4,7-8,10-11,13-16,20-21,29-31H,5-6H2,(H7-,22,23,24,25,32,33,34,35,36,37,38,48)/t10-,11-,13-,14-,15+,16+,20+,21+/m0/s1. The Balaban J connectivity index is 1.21. The minimum atomic E-state index is -5.70. The molecule has 48 heavy (non-hydrogen) atoms. The number of thiocarbonyl (C=S) groups is 1. The second kappa shape index (κ2) is 14.1. The summed E-state index contributed by atoms with van der Waals surface area (Å²) in [4.78, 5) is 53.0. The smallest absolute Gasteiger partial charge is 0.478 e. The number of nitrogens with zero attached hydrogens (tertiary/aromatic N) is 5. The van der Waals surface area contributed by atoms with Crippen LogP contribution in [0.3, 0.4) is 0 Å². The summed E-state index contributed by atoms with van der Waals surface area (Å²) in [5.74, 6) is -0.0569. The topological polar surface area (TPSA) is 351 Å². The van der Waals surface area contributed by atoms with Gasteiger partial charge >= 0.3 is 15.6 Å². The lowest BCUT2D eigenvalue weighted by atomic mass is 10.1. The molecule has 0 bridgehead atoms. The van der Waals surface area contributed by atoms with E-state index in [1.54, 1.807) is 6.07 Å². The van der Waals surface area contributed by atoms with E-state index in [-0.39, 0.29) is 22.0 Å². The van der Waals surface area contributed by atoms with Crippen LogP contribution in [0.25, 0.3) is 11.2 Å². The lowest BCUT2D eigenvalue weighted by Gasteiger charge is -2.26.